The fourth-order valence-corrected chi connectivity index (χ4v) is 2.48. The topological polar surface area (TPSA) is 89.5 Å². The summed E-state index contributed by atoms with van der Waals surface area (Å²) >= 11 is 0. The van der Waals surface area contributed by atoms with Crippen molar-refractivity contribution in [2.75, 3.05) is 13.1 Å². The highest BCUT2D eigenvalue weighted by atomic mass is 16.6. The predicted molar refractivity (Wildman–Crippen MR) is 70.9 cm³/mol. The Balaban J connectivity index is 2.37. The fraction of sp³-hybridized carbons (Fsp3) is 0.462. The molecule has 0 bridgehead atoms. The number of nitro benzene ring substituents is 1. The first-order chi connectivity index (χ1) is 9.04. The van der Waals surface area contributed by atoms with Crippen molar-refractivity contribution in [3.8, 4) is 0 Å². The van der Waals surface area contributed by atoms with Crippen molar-refractivity contribution >= 4 is 11.6 Å². The normalized spacial score (nSPS) is 18.6. The molecule has 1 aliphatic heterocycles. The Kier molecular flexibility index (Phi) is 3.80. The Labute approximate surface area is 111 Å². The van der Waals surface area contributed by atoms with Crippen LogP contribution in [0.4, 0.5) is 5.69 Å². The van der Waals surface area contributed by atoms with Crippen LogP contribution in [0.5, 0.6) is 0 Å². The molecule has 1 aromatic carbocycles. The third kappa shape index (κ3) is 2.58. The molecule has 102 valence electrons. The van der Waals surface area contributed by atoms with Gasteiger partial charge in [-0.25, -0.2) is 0 Å². The van der Waals surface area contributed by atoms with E-state index in [4.69, 9.17) is 5.73 Å². The summed E-state index contributed by atoms with van der Waals surface area (Å²) in [6.45, 7) is 2.82. The van der Waals surface area contributed by atoms with Crippen molar-refractivity contribution in [1.82, 2.24) is 4.90 Å². The van der Waals surface area contributed by atoms with E-state index in [1.54, 1.807) is 17.0 Å². The van der Waals surface area contributed by atoms with Gasteiger partial charge in [-0.1, -0.05) is 6.07 Å². The van der Waals surface area contributed by atoms with Gasteiger partial charge >= 0.3 is 0 Å². The van der Waals surface area contributed by atoms with Crippen molar-refractivity contribution in [3.63, 3.8) is 0 Å². The minimum absolute atomic E-state index is 0.00684. The molecule has 0 aromatic heterocycles. The lowest BCUT2D eigenvalue weighted by Crippen LogP contribution is -2.40. The first kappa shape index (κ1) is 13.5. The highest BCUT2D eigenvalue weighted by Crippen LogP contribution is 2.25. The molecule has 1 atom stereocenters. The maximum Gasteiger partial charge on any atom is 0.282 e. The van der Waals surface area contributed by atoms with Crippen LogP contribution in [0.15, 0.2) is 18.2 Å². The summed E-state index contributed by atoms with van der Waals surface area (Å²) < 4.78 is 0. The monoisotopic (exact) mass is 263 g/mol. The number of nitrogens with two attached hydrogens (primary N) is 1. The highest BCUT2D eigenvalue weighted by molar-refractivity contribution is 5.98. The zero-order chi connectivity index (χ0) is 14.0. The first-order valence-electron chi connectivity index (χ1n) is 6.30. The number of hydrogen-bond donors (Lipinski definition) is 1. The van der Waals surface area contributed by atoms with Gasteiger partial charge in [0, 0.05) is 25.2 Å². The number of carbonyl (C=O) groups excluding carboxylic acids is 1. The first-order valence-corrected chi connectivity index (χ1v) is 6.30. The molecule has 1 aromatic rings. The molecular formula is C13H17N3O3. The number of nitro groups is 1. The van der Waals surface area contributed by atoms with E-state index in [0.717, 1.165) is 18.4 Å². The minimum Gasteiger partial charge on any atom is -0.334 e. The summed E-state index contributed by atoms with van der Waals surface area (Å²) in [4.78, 5) is 24.6. The largest absolute Gasteiger partial charge is 0.334 e. The molecule has 2 rings (SSSR count). The van der Waals surface area contributed by atoms with Crippen molar-refractivity contribution in [2.45, 2.75) is 25.8 Å². The lowest BCUT2D eigenvalue weighted by atomic mass is 10.1. The van der Waals surface area contributed by atoms with Gasteiger partial charge in [-0.3, -0.25) is 14.9 Å². The molecule has 1 amide bonds. The quantitative estimate of drug-likeness (QED) is 0.660. The molecular weight excluding hydrogens is 246 g/mol. The van der Waals surface area contributed by atoms with Gasteiger partial charge in [0.1, 0.15) is 5.56 Å². The number of rotatable bonds is 3. The average molecular weight is 263 g/mol. The van der Waals surface area contributed by atoms with Gasteiger partial charge in [0.05, 0.1) is 4.92 Å². The lowest BCUT2D eigenvalue weighted by molar-refractivity contribution is -0.385. The standard InChI is InChI=1S/C13H17N3O3/c1-9-4-5-12(16(18)19)11(7-9)13(17)15-6-2-3-10(15)8-14/h4-5,7,10H,2-3,6,8,14H2,1H3. The maximum absolute atomic E-state index is 12.5. The van der Waals surface area contributed by atoms with Crippen LogP contribution in [0.2, 0.25) is 0 Å². The second-order valence-corrected chi connectivity index (χ2v) is 4.81. The molecule has 1 saturated heterocycles. The lowest BCUT2D eigenvalue weighted by Gasteiger charge is -2.23. The maximum atomic E-state index is 12.5. The Morgan fingerprint density at radius 2 is 2.32 bits per heavy atom. The van der Waals surface area contributed by atoms with E-state index in [1.807, 2.05) is 6.92 Å². The van der Waals surface area contributed by atoms with E-state index >= 15 is 0 Å². The van der Waals surface area contributed by atoms with Crippen LogP contribution in [0.25, 0.3) is 0 Å². The molecule has 19 heavy (non-hydrogen) atoms. The predicted octanol–water partition coefficient (Wildman–Crippen LogP) is 1.47. The molecule has 2 N–H and O–H groups in total. The number of hydrogen-bond acceptors (Lipinski definition) is 4. The van der Waals surface area contributed by atoms with Crippen LogP contribution in [0.1, 0.15) is 28.8 Å². The van der Waals surface area contributed by atoms with Gasteiger partial charge < -0.3 is 10.6 Å². The summed E-state index contributed by atoms with van der Waals surface area (Å²) in [6, 6.07) is 4.59. The third-order valence-corrected chi connectivity index (χ3v) is 3.49. The molecule has 6 nitrogen and oxygen atoms in total. The van der Waals surface area contributed by atoms with Crippen molar-refractivity contribution in [3.05, 3.63) is 39.4 Å². The van der Waals surface area contributed by atoms with Crippen LogP contribution >= 0.6 is 0 Å². The van der Waals surface area contributed by atoms with E-state index in [0.29, 0.717) is 13.1 Å². The van der Waals surface area contributed by atoms with E-state index in [2.05, 4.69) is 0 Å². The van der Waals surface area contributed by atoms with E-state index in [9.17, 15) is 14.9 Å². The SMILES string of the molecule is Cc1ccc([N+](=O)[O-])c(C(=O)N2CCCC2CN)c1. The smallest absolute Gasteiger partial charge is 0.282 e. The average Bonchev–Trinajstić information content (AvgIpc) is 2.85. The van der Waals surface area contributed by atoms with Gasteiger partial charge in [-0.05, 0) is 31.4 Å². The fourth-order valence-electron chi connectivity index (χ4n) is 2.48. The number of benzene rings is 1. The molecule has 1 aliphatic rings. The van der Waals surface area contributed by atoms with Gasteiger partial charge in [0.2, 0.25) is 0 Å². The van der Waals surface area contributed by atoms with Crippen LogP contribution in [0.3, 0.4) is 0 Å². The summed E-state index contributed by atoms with van der Waals surface area (Å²) in [5.74, 6) is -0.289. The Morgan fingerprint density at radius 3 is 2.95 bits per heavy atom. The molecule has 0 saturated carbocycles. The Hall–Kier alpha value is -1.95. The molecule has 1 unspecified atom stereocenters. The van der Waals surface area contributed by atoms with E-state index in [1.165, 1.54) is 6.07 Å². The summed E-state index contributed by atoms with van der Waals surface area (Å²) in [7, 11) is 0. The van der Waals surface area contributed by atoms with Crippen molar-refractivity contribution in [1.29, 1.82) is 0 Å². The second-order valence-electron chi connectivity index (χ2n) is 4.81. The van der Waals surface area contributed by atoms with Crippen LogP contribution < -0.4 is 5.73 Å². The minimum atomic E-state index is -0.514. The summed E-state index contributed by atoms with van der Waals surface area (Å²) in [6.07, 6.45) is 1.76. The second kappa shape index (κ2) is 5.36. The number of aryl methyl sites for hydroxylation is 1. The van der Waals surface area contributed by atoms with Gasteiger partial charge in [-0.2, -0.15) is 0 Å². The molecule has 1 fully saturated rings. The Bertz CT molecular complexity index is 516. The zero-order valence-electron chi connectivity index (χ0n) is 10.8. The van der Waals surface area contributed by atoms with E-state index in [-0.39, 0.29) is 23.2 Å². The molecule has 0 radical (unpaired) electrons. The van der Waals surface area contributed by atoms with Crippen LogP contribution in [0, 0.1) is 17.0 Å². The highest BCUT2D eigenvalue weighted by Gasteiger charge is 2.31. The molecule has 0 aliphatic carbocycles. The van der Waals surface area contributed by atoms with Gasteiger partial charge in [0.25, 0.3) is 11.6 Å². The van der Waals surface area contributed by atoms with Gasteiger partial charge in [0.15, 0.2) is 0 Å². The van der Waals surface area contributed by atoms with Crippen LogP contribution in [-0.2, 0) is 0 Å². The Morgan fingerprint density at radius 1 is 1.58 bits per heavy atom. The van der Waals surface area contributed by atoms with Gasteiger partial charge in [-0.15, -0.1) is 0 Å². The summed E-state index contributed by atoms with van der Waals surface area (Å²) in [5.41, 5.74) is 6.49. The van der Waals surface area contributed by atoms with Crippen molar-refractivity contribution < 1.29 is 9.72 Å². The third-order valence-electron chi connectivity index (χ3n) is 3.49. The number of carbonyl (C=O) groups is 1. The number of likely N-dealkylation sites (tertiary alicyclic amines) is 1. The molecule has 1 heterocycles. The summed E-state index contributed by atoms with van der Waals surface area (Å²) in [5, 5.41) is 11.0. The van der Waals surface area contributed by atoms with Crippen LogP contribution in [-0.4, -0.2) is 34.9 Å². The zero-order valence-corrected chi connectivity index (χ0v) is 10.8. The molecule has 6 heteroatoms. The van der Waals surface area contributed by atoms with Crippen molar-refractivity contribution in [2.24, 2.45) is 5.73 Å². The van der Waals surface area contributed by atoms with E-state index < -0.39 is 4.92 Å². The number of amides is 1. The molecule has 0 spiro atoms. The number of nitrogens with zero attached hydrogens (tertiary/aromatic N) is 2.